The number of hydrogen-bond acceptors (Lipinski definition) is 5. The van der Waals surface area contributed by atoms with Crippen molar-refractivity contribution < 1.29 is 23.9 Å². The van der Waals surface area contributed by atoms with Crippen molar-refractivity contribution in [2.45, 2.75) is 45.8 Å². The molecule has 0 saturated heterocycles. The maximum atomic E-state index is 11.8. The molecular weight excluding hydrogens is 312 g/mol. The Morgan fingerprint density at radius 2 is 1.75 bits per heavy atom. The van der Waals surface area contributed by atoms with Crippen molar-refractivity contribution in [2.24, 2.45) is 5.73 Å². The van der Waals surface area contributed by atoms with E-state index in [9.17, 15) is 14.4 Å². The molecule has 0 aliphatic carbocycles. The Bertz CT molecular complexity index is 590. The standard InChI is InChI=1S/C17H24N2O5/c1-11(20)10-23-13-7-5-12(6-8-13)9-14(15(18)21)19-16(22)24-17(2,3)4/h5-8,14H,9-10H2,1-4H3,(H2,18,21)(H,19,22)/t14-/m0/s1. The summed E-state index contributed by atoms with van der Waals surface area (Å²) in [7, 11) is 0. The molecule has 0 aliphatic heterocycles. The molecule has 1 rings (SSSR count). The maximum absolute atomic E-state index is 11.8. The fourth-order valence-corrected chi connectivity index (χ4v) is 1.81. The minimum absolute atomic E-state index is 0.00343. The van der Waals surface area contributed by atoms with Crippen LogP contribution in [-0.4, -0.2) is 36.0 Å². The summed E-state index contributed by atoms with van der Waals surface area (Å²) in [6.45, 7) is 6.63. The Balaban J connectivity index is 2.66. The average Bonchev–Trinajstić information content (AvgIpc) is 2.43. The number of amides is 2. The third-order valence-corrected chi connectivity index (χ3v) is 2.84. The predicted octanol–water partition coefficient (Wildman–Crippen LogP) is 1.58. The number of nitrogens with two attached hydrogens (primary N) is 1. The van der Waals surface area contributed by atoms with Crippen LogP contribution in [0.4, 0.5) is 4.79 Å². The predicted molar refractivity (Wildman–Crippen MR) is 88.7 cm³/mol. The summed E-state index contributed by atoms with van der Waals surface area (Å²) in [6, 6.07) is 5.96. The number of hydrogen-bond donors (Lipinski definition) is 2. The van der Waals surface area contributed by atoms with Gasteiger partial charge in [0.25, 0.3) is 0 Å². The Hall–Kier alpha value is -2.57. The molecule has 2 amide bonds. The van der Waals surface area contributed by atoms with E-state index in [1.165, 1.54) is 6.92 Å². The largest absolute Gasteiger partial charge is 0.486 e. The van der Waals surface area contributed by atoms with E-state index in [2.05, 4.69) is 5.32 Å². The van der Waals surface area contributed by atoms with Crippen LogP contribution in [0.2, 0.25) is 0 Å². The van der Waals surface area contributed by atoms with Crippen molar-refractivity contribution in [3.8, 4) is 5.75 Å². The number of primary amides is 1. The minimum Gasteiger partial charge on any atom is -0.486 e. The lowest BCUT2D eigenvalue weighted by molar-refractivity contribution is -0.120. The summed E-state index contributed by atoms with van der Waals surface area (Å²) in [5.74, 6) is -0.183. The van der Waals surface area contributed by atoms with Gasteiger partial charge < -0.3 is 20.5 Å². The van der Waals surface area contributed by atoms with Gasteiger partial charge in [-0.15, -0.1) is 0 Å². The average molecular weight is 336 g/mol. The van der Waals surface area contributed by atoms with E-state index in [-0.39, 0.29) is 18.8 Å². The zero-order chi connectivity index (χ0) is 18.3. The summed E-state index contributed by atoms with van der Waals surface area (Å²) in [6.07, 6.45) is -0.477. The number of Topliss-reactive ketones (excluding diaryl/α,β-unsaturated/α-hetero) is 1. The zero-order valence-corrected chi connectivity index (χ0v) is 14.4. The van der Waals surface area contributed by atoms with Crippen LogP contribution in [0, 0.1) is 0 Å². The topological polar surface area (TPSA) is 108 Å². The van der Waals surface area contributed by atoms with Gasteiger partial charge in [0.05, 0.1) is 0 Å². The van der Waals surface area contributed by atoms with E-state index in [1.54, 1.807) is 45.0 Å². The van der Waals surface area contributed by atoms with Crippen LogP contribution in [-0.2, 0) is 20.7 Å². The van der Waals surface area contributed by atoms with Gasteiger partial charge >= 0.3 is 6.09 Å². The number of carbonyl (C=O) groups excluding carboxylic acids is 3. The van der Waals surface area contributed by atoms with Gasteiger partial charge in [0, 0.05) is 6.42 Å². The number of ketones is 1. The van der Waals surface area contributed by atoms with Crippen LogP contribution in [0.15, 0.2) is 24.3 Å². The van der Waals surface area contributed by atoms with E-state index in [0.29, 0.717) is 5.75 Å². The first kappa shape index (κ1) is 19.5. The molecule has 0 saturated carbocycles. The first-order valence-corrected chi connectivity index (χ1v) is 7.57. The molecule has 0 spiro atoms. The Kier molecular flexibility index (Phi) is 6.76. The first-order valence-electron chi connectivity index (χ1n) is 7.57. The van der Waals surface area contributed by atoms with Crippen molar-refractivity contribution in [3.63, 3.8) is 0 Å². The molecule has 1 aromatic rings. The van der Waals surface area contributed by atoms with Crippen LogP contribution in [0.5, 0.6) is 5.75 Å². The molecule has 0 bridgehead atoms. The van der Waals surface area contributed by atoms with Gasteiger partial charge in [-0.1, -0.05) is 12.1 Å². The second kappa shape index (κ2) is 8.33. The number of nitrogens with one attached hydrogen (secondary N) is 1. The van der Waals surface area contributed by atoms with Gasteiger partial charge in [-0.25, -0.2) is 4.79 Å². The van der Waals surface area contributed by atoms with Crippen molar-refractivity contribution in [3.05, 3.63) is 29.8 Å². The molecule has 24 heavy (non-hydrogen) atoms. The van der Waals surface area contributed by atoms with E-state index in [0.717, 1.165) is 5.56 Å². The monoisotopic (exact) mass is 336 g/mol. The van der Waals surface area contributed by atoms with Crippen LogP contribution in [0.3, 0.4) is 0 Å². The minimum atomic E-state index is -0.885. The fraction of sp³-hybridized carbons (Fsp3) is 0.471. The van der Waals surface area contributed by atoms with E-state index in [1.807, 2.05) is 0 Å². The molecule has 0 unspecified atom stereocenters. The van der Waals surface area contributed by atoms with Crippen molar-refractivity contribution in [2.75, 3.05) is 6.61 Å². The van der Waals surface area contributed by atoms with Crippen LogP contribution in [0.25, 0.3) is 0 Å². The number of rotatable bonds is 7. The van der Waals surface area contributed by atoms with Crippen molar-refractivity contribution in [1.82, 2.24) is 5.32 Å². The highest BCUT2D eigenvalue weighted by Crippen LogP contribution is 2.14. The highest BCUT2D eigenvalue weighted by atomic mass is 16.6. The quantitative estimate of drug-likeness (QED) is 0.786. The molecule has 1 atom stereocenters. The SMILES string of the molecule is CC(=O)COc1ccc(C[C@H](NC(=O)OC(C)(C)C)C(N)=O)cc1. The van der Waals surface area contributed by atoms with E-state index >= 15 is 0 Å². The molecule has 0 aromatic heterocycles. The van der Waals surface area contributed by atoms with Gasteiger partial charge in [0.1, 0.15) is 24.0 Å². The van der Waals surface area contributed by atoms with Gasteiger partial charge in [-0.3, -0.25) is 9.59 Å². The summed E-state index contributed by atoms with van der Waals surface area (Å²) in [5.41, 5.74) is 5.45. The highest BCUT2D eigenvalue weighted by Gasteiger charge is 2.23. The lowest BCUT2D eigenvalue weighted by Gasteiger charge is -2.22. The second-order valence-corrected chi connectivity index (χ2v) is 6.44. The number of benzene rings is 1. The Morgan fingerprint density at radius 3 is 2.21 bits per heavy atom. The number of carbonyl (C=O) groups is 3. The van der Waals surface area contributed by atoms with E-state index in [4.69, 9.17) is 15.2 Å². The second-order valence-electron chi connectivity index (χ2n) is 6.44. The smallest absolute Gasteiger partial charge is 0.408 e. The van der Waals surface area contributed by atoms with Gasteiger partial charge in [0.2, 0.25) is 5.91 Å². The summed E-state index contributed by atoms with van der Waals surface area (Å²) < 4.78 is 10.4. The summed E-state index contributed by atoms with van der Waals surface area (Å²) in [5, 5.41) is 2.46. The summed E-state index contributed by atoms with van der Waals surface area (Å²) >= 11 is 0. The van der Waals surface area contributed by atoms with Gasteiger partial charge in [0.15, 0.2) is 5.78 Å². The lowest BCUT2D eigenvalue weighted by Crippen LogP contribution is -2.47. The highest BCUT2D eigenvalue weighted by molar-refractivity contribution is 5.84. The molecule has 3 N–H and O–H groups in total. The number of alkyl carbamates (subject to hydrolysis) is 1. The van der Waals surface area contributed by atoms with Crippen LogP contribution >= 0.6 is 0 Å². The van der Waals surface area contributed by atoms with Crippen LogP contribution < -0.4 is 15.8 Å². The maximum Gasteiger partial charge on any atom is 0.408 e. The molecule has 0 fully saturated rings. The van der Waals surface area contributed by atoms with E-state index < -0.39 is 23.6 Å². The summed E-state index contributed by atoms with van der Waals surface area (Å²) in [4.78, 5) is 34.2. The molecule has 1 aromatic carbocycles. The molecule has 132 valence electrons. The van der Waals surface area contributed by atoms with Crippen LogP contribution in [0.1, 0.15) is 33.3 Å². The fourth-order valence-electron chi connectivity index (χ4n) is 1.81. The molecular formula is C17H24N2O5. The molecule has 0 radical (unpaired) electrons. The lowest BCUT2D eigenvalue weighted by atomic mass is 10.1. The Labute approximate surface area is 141 Å². The van der Waals surface area contributed by atoms with Crippen molar-refractivity contribution >= 4 is 17.8 Å². The molecule has 0 aliphatic rings. The van der Waals surface area contributed by atoms with Crippen molar-refractivity contribution in [1.29, 1.82) is 0 Å². The Morgan fingerprint density at radius 1 is 1.17 bits per heavy atom. The molecule has 0 heterocycles. The first-order chi connectivity index (χ1) is 11.1. The third-order valence-electron chi connectivity index (χ3n) is 2.84. The molecule has 7 heteroatoms. The zero-order valence-electron chi connectivity index (χ0n) is 14.4. The molecule has 7 nitrogen and oxygen atoms in total. The van der Waals surface area contributed by atoms with Gasteiger partial charge in [-0.05, 0) is 45.4 Å². The third kappa shape index (κ3) is 7.62. The van der Waals surface area contributed by atoms with Gasteiger partial charge in [-0.2, -0.15) is 0 Å². The number of ether oxygens (including phenoxy) is 2. The normalized spacial score (nSPS) is 12.2.